The number of pyridine rings is 1. The van der Waals surface area contributed by atoms with Crippen molar-refractivity contribution in [1.29, 1.82) is 0 Å². The van der Waals surface area contributed by atoms with Crippen molar-refractivity contribution < 1.29 is 4.79 Å². The van der Waals surface area contributed by atoms with Crippen molar-refractivity contribution in [2.75, 3.05) is 24.5 Å². The van der Waals surface area contributed by atoms with Crippen LogP contribution in [0, 0.1) is 5.92 Å². The molecule has 0 aromatic carbocycles. The van der Waals surface area contributed by atoms with Crippen LogP contribution in [-0.2, 0) is 4.79 Å². The predicted molar refractivity (Wildman–Crippen MR) is 136 cm³/mol. The molecule has 2 fully saturated rings. The van der Waals surface area contributed by atoms with Gasteiger partial charge >= 0.3 is 0 Å². The molecule has 0 aliphatic carbocycles. The molecule has 170 valence electrons. The van der Waals surface area contributed by atoms with Gasteiger partial charge < -0.3 is 4.90 Å². The molecule has 0 saturated carbocycles. The molecule has 2 aromatic rings. The number of nitrogens with zero attached hydrogens (tertiary/aromatic N) is 4. The van der Waals surface area contributed by atoms with E-state index in [4.69, 9.17) is 17.2 Å². The van der Waals surface area contributed by atoms with E-state index in [9.17, 15) is 9.59 Å². The number of aromatic nitrogens is 2. The summed E-state index contributed by atoms with van der Waals surface area (Å²) in [6.07, 6.45) is 10.0. The monoisotopic (exact) mass is 470 g/mol. The molecule has 0 bridgehead atoms. The van der Waals surface area contributed by atoms with Crippen LogP contribution >= 0.6 is 24.0 Å². The third kappa shape index (κ3) is 4.76. The second-order valence-electron chi connectivity index (χ2n) is 8.67. The van der Waals surface area contributed by atoms with Crippen LogP contribution in [0.3, 0.4) is 0 Å². The summed E-state index contributed by atoms with van der Waals surface area (Å²) in [6.45, 7) is 6.74. The number of fused-ring (bicyclic) bond motifs is 1. The van der Waals surface area contributed by atoms with Gasteiger partial charge in [0.2, 0.25) is 0 Å². The molecule has 1 amide bonds. The van der Waals surface area contributed by atoms with E-state index in [1.165, 1.54) is 18.2 Å². The maximum Gasteiger partial charge on any atom is 0.267 e. The summed E-state index contributed by atoms with van der Waals surface area (Å²) in [4.78, 5) is 35.8. The van der Waals surface area contributed by atoms with Crippen molar-refractivity contribution in [2.45, 2.75) is 52.4 Å². The van der Waals surface area contributed by atoms with Crippen LogP contribution in [-0.4, -0.2) is 44.1 Å². The smallest absolute Gasteiger partial charge is 0.267 e. The zero-order valence-electron chi connectivity index (χ0n) is 18.7. The number of hydrogen-bond acceptors (Lipinski definition) is 6. The van der Waals surface area contributed by atoms with Crippen LogP contribution < -0.4 is 10.5 Å². The van der Waals surface area contributed by atoms with Gasteiger partial charge in [0.25, 0.3) is 11.5 Å². The van der Waals surface area contributed by atoms with Crippen molar-refractivity contribution in [3.05, 3.63) is 45.2 Å². The highest BCUT2D eigenvalue weighted by molar-refractivity contribution is 8.26. The SMILES string of the molecule is CCCCCCN1C(=O)/C(=C/c2c(N3CCC[C@H](C)C3)nc3ccccn3c2=O)SC1=S. The lowest BCUT2D eigenvalue weighted by Crippen LogP contribution is -2.37. The van der Waals surface area contributed by atoms with E-state index in [2.05, 4.69) is 18.7 Å². The number of thiocarbonyl (C=S) groups is 1. The number of unbranched alkanes of at least 4 members (excludes halogenated alkanes) is 3. The Kier molecular flexibility index (Phi) is 7.30. The molecule has 8 heteroatoms. The average molecular weight is 471 g/mol. The third-order valence-electron chi connectivity index (χ3n) is 6.09. The summed E-state index contributed by atoms with van der Waals surface area (Å²) >= 11 is 6.77. The first-order valence-electron chi connectivity index (χ1n) is 11.5. The van der Waals surface area contributed by atoms with Crippen molar-refractivity contribution in [2.24, 2.45) is 5.92 Å². The Hall–Kier alpha value is -2.19. The molecular formula is C24H30N4O2S2. The minimum absolute atomic E-state index is 0.105. The molecule has 0 unspecified atom stereocenters. The molecule has 2 aliphatic heterocycles. The zero-order valence-corrected chi connectivity index (χ0v) is 20.4. The minimum atomic E-state index is -0.156. The Labute approximate surface area is 198 Å². The summed E-state index contributed by atoms with van der Waals surface area (Å²) in [5.41, 5.74) is 0.928. The number of rotatable bonds is 7. The molecule has 0 spiro atoms. The van der Waals surface area contributed by atoms with Crippen LogP contribution in [0.2, 0.25) is 0 Å². The normalized spacial score (nSPS) is 20.7. The number of carbonyl (C=O) groups excluding carboxylic acids is 1. The van der Waals surface area contributed by atoms with Crippen molar-refractivity contribution in [3.63, 3.8) is 0 Å². The van der Waals surface area contributed by atoms with Gasteiger partial charge in [0.05, 0.1) is 10.5 Å². The first kappa shape index (κ1) is 23.0. The quantitative estimate of drug-likeness (QED) is 0.332. The predicted octanol–water partition coefficient (Wildman–Crippen LogP) is 4.71. The van der Waals surface area contributed by atoms with E-state index in [-0.39, 0.29) is 11.5 Å². The largest absolute Gasteiger partial charge is 0.356 e. The Bertz CT molecular complexity index is 1110. The van der Waals surface area contributed by atoms with Crippen LogP contribution in [0.4, 0.5) is 5.82 Å². The fraction of sp³-hybridized carbons (Fsp3) is 0.500. The van der Waals surface area contributed by atoms with E-state index >= 15 is 0 Å². The van der Waals surface area contributed by atoms with Crippen molar-refractivity contribution in [3.8, 4) is 0 Å². The maximum absolute atomic E-state index is 13.5. The summed E-state index contributed by atoms with van der Waals surface area (Å²) in [6, 6.07) is 5.55. The van der Waals surface area contributed by atoms with E-state index < -0.39 is 0 Å². The minimum Gasteiger partial charge on any atom is -0.356 e. The van der Waals surface area contributed by atoms with E-state index in [1.807, 2.05) is 18.2 Å². The molecule has 6 nitrogen and oxygen atoms in total. The van der Waals surface area contributed by atoms with Gasteiger partial charge in [-0.15, -0.1) is 0 Å². The molecule has 2 aromatic heterocycles. The number of thioether (sulfide) groups is 1. The Morgan fingerprint density at radius 1 is 1.25 bits per heavy atom. The fourth-order valence-corrected chi connectivity index (χ4v) is 5.65. The lowest BCUT2D eigenvalue weighted by Gasteiger charge is -2.32. The fourth-order valence-electron chi connectivity index (χ4n) is 4.36. The molecule has 2 saturated heterocycles. The average Bonchev–Trinajstić information content (AvgIpc) is 3.05. The molecule has 0 radical (unpaired) electrons. The van der Waals surface area contributed by atoms with Gasteiger partial charge in [0.15, 0.2) is 0 Å². The highest BCUT2D eigenvalue weighted by atomic mass is 32.2. The van der Waals surface area contributed by atoms with Gasteiger partial charge in [-0.25, -0.2) is 4.98 Å². The van der Waals surface area contributed by atoms with Gasteiger partial charge in [0.1, 0.15) is 15.8 Å². The molecule has 4 heterocycles. The van der Waals surface area contributed by atoms with E-state index in [0.29, 0.717) is 38.7 Å². The molecule has 4 rings (SSSR count). The van der Waals surface area contributed by atoms with E-state index in [0.717, 1.165) is 45.2 Å². The number of carbonyl (C=O) groups is 1. The van der Waals surface area contributed by atoms with Crippen LogP contribution in [0.25, 0.3) is 11.7 Å². The second kappa shape index (κ2) is 10.2. The van der Waals surface area contributed by atoms with Gasteiger partial charge in [0, 0.05) is 25.8 Å². The molecule has 32 heavy (non-hydrogen) atoms. The van der Waals surface area contributed by atoms with Crippen LogP contribution in [0.1, 0.15) is 57.9 Å². The Balaban J connectivity index is 1.71. The maximum atomic E-state index is 13.5. The Morgan fingerprint density at radius 3 is 2.88 bits per heavy atom. The molecule has 2 aliphatic rings. The standard InChI is InChI=1S/C24H30N4O2S2/c1-3-4-5-7-14-28-23(30)19(32-24(28)31)15-18-21(26-12-9-10-17(2)16-26)25-20-11-6-8-13-27(20)22(18)29/h6,8,11,13,15,17H,3-5,7,9-10,12,14,16H2,1-2H3/b19-15-/t17-/m0/s1. The first-order valence-corrected chi connectivity index (χ1v) is 12.7. The molecule has 1 atom stereocenters. The third-order valence-corrected chi connectivity index (χ3v) is 7.47. The summed E-state index contributed by atoms with van der Waals surface area (Å²) in [5.74, 6) is 1.10. The van der Waals surface area contributed by atoms with Gasteiger partial charge in [-0.3, -0.25) is 18.9 Å². The zero-order chi connectivity index (χ0) is 22.7. The number of hydrogen-bond donors (Lipinski definition) is 0. The molecule has 0 N–H and O–H groups in total. The second-order valence-corrected chi connectivity index (χ2v) is 10.3. The van der Waals surface area contributed by atoms with Gasteiger partial charge in [-0.05, 0) is 43.4 Å². The van der Waals surface area contributed by atoms with Crippen LogP contribution in [0.15, 0.2) is 34.1 Å². The number of amides is 1. The first-order chi connectivity index (χ1) is 15.5. The summed E-state index contributed by atoms with van der Waals surface area (Å²) in [7, 11) is 0. The summed E-state index contributed by atoms with van der Waals surface area (Å²) in [5, 5.41) is 0. The summed E-state index contributed by atoms with van der Waals surface area (Å²) < 4.78 is 2.12. The van der Waals surface area contributed by atoms with Crippen molar-refractivity contribution in [1.82, 2.24) is 14.3 Å². The number of piperidine rings is 1. The highest BCUT2D eigenvalue weighted by Gasteiger charge is 2.32. The topological polar surface area (TPSA) is 57.9 Å². The van der Waals surface area contributed by atoms with Gasteiger partial charge in [-0.2, -0.15) is 0 Å². The van der Waals surface area contributed by atoms with Gasteiger partial charge in [-0.1, -0.05) is 63.2 Å². The molecular weight excluding hydrogens is 440 g/mol. The highest BCUT2D eigenvalue weighted by Crippen LogP contribution is 2.34. The number of anilines is 1. The lowest BCUT2D eigenvalue weighted by molar-refractivity contribution is -0.122. The van der Waals surface area contributed by atoms with Crippen LogP contribution in [0.5, 0.6) is 0 Å². The van der Waals surface area contributed by atoms with Crippen molar-refractivity contribution >= 4 is 51.7 Å². The van der Waals surface area contributed by atoms with E-state index in [1.54, 1.807) is 21.6 Å². The Morgan fingerprint density at radius 2 is 2.09 bits per heavy atom. The lowest BCUT2D eigenvalue weighted by atomic mass is 10.00.